The summed E-state index contributed by atoms with van der Waals surface area (Å²) in [7, 11) is -1.09. The molecule has 2 heterocycles. The van der Waals surface area contributed by atoms with E-state index in [0.717, 1.165) is 29.9 Å². The van der Waals surface area contributed by atoms with E-state index in [1.807, 2.05) is 42.0 Å². The Morgan fingerprint density at radius 2 is 2.04 bits per heavy atom. The predicted molar refractivity (Wildman–Crippen MR) is 100 cm³/mol. The fourth-order valence-corrected chi connectivity index (χ4v) is 2.87. The third kappa shape index (κ3) is 5.61. The number of pyridine rings is 1. The Morgan fingerprint density at radius 1 is 1.21 bits per heavy atom. The molecule has 0 aliphatic heterocycles. The average Bonchev–Trinajstić information content (AvgIpc) is 2.95. The van der Waals surface area contributed by atoms with Crippen molar-refractivity contribution in [2.45, 2.75) is 39.3 Å². The Balaban J connectivity index is 2.16. The molecule has 2 rings (SSSR count). The van der Waals surface area contributed by atoms with Crippen LogP contribution in [0, 0.1) is 0 Å². The van der Waals surface area contributed by atoms with Gasteiger partial charge in [-0.25, -0.2) is 4.98 Å². The number of aromatic nitrogens is 3. The minimum Gasteiger partial charge on any atom is -0.501 e. The molecule has 0 atom stereocenters. The number of rotatable bonds is 9. The average molecular weight is 346 g/mol. The molecule has 0 radical (unpaired) electrons. The van der Waals surface area contributed by atoms with Gasteiger partial charge in [-0.15, -0.1) is 0 Å². The van der Waals surface area contributed by atoms with E-state index in [0.29, 0.717) is 13.3 Å². The molecule has 2 aromatic heterocycles. The van der Waals surface area contributed by atoms with Gasteiger partial charge < -0.3 is 9.47 Å². The standard InChI is InChI=1S/C18H27N3O2Si/c1-5-22-11-9-18-20-14-17(16-8-6-7-10-19-16)21(18)15-23-12-13-24(2,3)4/h6-11,14H,5,12-13,15H2,1-4H3/b11-9+. The Hall–Kier alpha value is -1.92. The van der Waals surface area contributed by atoms with Crippen LogP contribution in [0.5, 0.6) is 0 Å². The van der Waals surface area contributed by atoms with Crippen molar-refractivity contribution in [2.24, 2.45) is 0 Å². The van der Waals surface area contributed by atoms with E-state index in [1.54, 1.807) is 12.5 Å². The van der Waals surface area contributed by atoms with Gasteiger partial charge in [0, 0.05) is 27.0 Å². The lowest BCUT2D eigenvalue weighted by atomic mass is 10.3. The van der Waals surface area contributed by atoms with Crippen LogP contribution in [0.1, 0.15) is 12.7 Å². The van der Waals surface area contributed by atoms with Gasteiger partial charge >= 0.3 is 0 Å². The topological polar surface area (TPSA) is 49.2 Å². The van der Waals surface area contributed by atoms with Crippen molar-refractivity contribution >= 4 is 14.1 Å². The van der Waals surface area contributed by atoms with E-state index in [-0.39, 0.29) is 0 Å². The number of hydrogen-bond acceptors (Lipinski definition) is 4. The first-order valence-corrected chi connectivity index (χ1v) is 12.0. The Kier molecular flexibility index (Phi) is 6.75. The smallest absolute Gasteiger partial charge is 0.138 e. The summed E-state index contributed by atoms with van der Waals surface area (Å²) < 4.78 is 13.2. The van der Waals surface area contributed by atoms with Crippen LogP contribution in [0.4, 0.5) is 0 Å². The quantitative estimate of drug-likeness (QED) is 0.387. The van der Waals surface area contributed by atoms with Gasteiger partial charge in [0.2, 0.25) is 0 Å². The summed E-state index contributed by atoms with van der Waals surface area (Å²) in [4.78, 5) is 8.90. The van der Waals surface area contributed by atoms with E-state index in [2.05, 4.69) is 29.6 Å². The lowest BCUT2D eigenvalue weighted by Crippen LogP contribution is -2.22. The van der Waals surface area contributed by atoms with Crippen LogP contribution in [-0.2, 0) is 16.2 Å². The van der Waals surface area contributed by atoms with E-state index >= 15 is 0 Å². The summed E-state index contributed by atoms with van der Waals surface area (Å²) >= 11 is 0. The maximum atomic E-state index is 5.92. The molecule has 0 amide bonds. The second-order valence-corrected chi connectivity index (χ2v) is 12.4. The minimum atomic E-state index is -1.09. The van der Waals surface area contributed by atoms with Crippen molar-refractivity contribution in [3.8, 4) is 11.4 Å². The highest BCUT2D eigenvalue weighted by molar-refractivity contribution is 6.76. The molecule has 24 heavy (non-hydrogen) atoms. The maximum Gasteiger partial charge on any atom is 0.138 e. The summed E-state index contributed by atoms with van der Waals surface area (Å²) in [6, 6.07) is 7.00. The van der Waals surface area contributed by atoms with Gasteiger partial charge in [0.25, 0.3) is 0 Å². The van der Waals surface area contributed by atoms with Crippen LogP contribution >= 0.6 is 0 Å². The molecule has 6 heteroatoms. The SMILES string of the molecule is CCO/C=C/c1ncc(-c2ccccn2)n1COCC[Si](C)(C)C. The number of hydrogen-bond donors (Lipinski definition) is 0. The molecular formula is C18H27N3O2Si. The minimum absolute atomic E-state index is 0.461. The predicted octanol–water partition coefficient (Wildman–Crippen LogP) is 4.26. The molecule has 0 saturated carbocycles. The molecule has 2 aromatic rings. The molecule has 0 aromatic carbocycles. The zero-order valence-corrected chi connectivity index (χ0v) is 16.0. The molecule has 0 spiro atoms. The van der Waals surface area contributed by atoms with Gasteiger partial charge in [0.05, 0.1) is 30.5 Å². The second-order valence-electron chi connectivity index (χ2n) is 6.75. The van der Waals surface area contributed by atoms with E-state index in [9.17, 15) is 0 Å². The van der Waals surface area contributed by atoms with Crippen LogP contribution in [-0.4, -0.2) is 35.8 Å². The van der Waals surface area contributed by atoms with Crippen molar-refractivity contribution in [3.63, 3.8) is 0 Å². The van der Waals surface area contributed by atoms with Crippen molar-refractivity contribution in [1.82, 2.24) is 14.5 Å². The normalized spacial score (nSPS) is 12.0. The molecule has 5 nitrogen and oxygen atoms in total. The third-order valence-corrected chi connectivity index (χ3v) is 5.21. The lowest BCUT2D eigenvalue weighted by Gasteiger charge is -2.16. The molecule has 0 fully saturated rings. The molecule has 0 bridgehead atoms. The molecule has 0 N–H and O–H groups in total. The highest BCUT2D eigenvalue weighted by atomic mass is 28.3. The van der Waals surface area contributed by atoms with Crippen LogP contribution < -0.4 is 0 Å². The number of imidazole rings is 1. The molecule has 0 aliphatic carbocycles. The summed E-state index contributed by atoms with van der Waals surface area (Å²) in [5, 5.41) is 0. The van der Waals surface area contributed by atoms with Gasteiger partial charge in [-0.1, -0.05) is 25.7 Å². The van der Waals surface area contributed by atoms with Crippen LogP contribution in [0.2, 0.25) is 25.7 Å². The molecule has 0 unspecified atom stereocenters. The van der Waals surface area contributed by atoms with E-state index in [4.69, 9.17) is 9.47 Å². The van der Waals surface area contributed by atoms with Crippen molar-refractivity contribution in [2.75, 3.05) is 13.2 Å². The van der Waals surface area contributed by atoms with Crippen molar-refractivity contribution in [1.29, 1.82) is 0 Å². The first kappa shape index (κ1) is 18.4. The Morgan fingerprint density at radius 3 is 2.71 bits per heavy atom. The monoisotopic (exact) mass is 345 g/mol. The van der Waals surface area contributed by atoms with Crippen LogP contribution in [0.15, 0.2) is 36.9 Å². The number of nitrogens with zero attached hydrogens (tertiary/aromatic N) is 3. The van der Waals surface area contributed by atoms with E-state index < -0.39 is 8.07 Å². The van der Waals surface area contributed by atoms with Crippen molar-refractivity contribution < 1.29 is 9.47 Å². The van der Waals surface area contributed by atoms with Crippen molar-refractivity contribution in [3.05, 3.63) is 42.7 Å². The lowest BCUT2D eigenvalue weighted by molar-refractivity contribution is 0.0877. The van der Waals surface area contributed by atoms with E-state index in [1.165, 1.54) is 0 Å². The molecule has 130 valence electrons. The summed E-state index contributed by atoms with van der Waals surface area (Å²) in [6.07, 6.45) is 7.14. The molecule has 0 aliphatic rings. The van der Waals surface area contributed by atoms with Crippen LogP contribution in [0.25, 0.3) is 17.5 Å². The van der Waals surface area contributed by atoms with Crippen LogP contribution in [0.3, 0.4) is 0 Å². The fraction of sp³-hybridized carbons (Fsp3) is 0.444. The molecule has 0 saturated heterocycles. The summed E-state index contributed by atoms with van der Waals surface area (Å²) in [5.41, 5.74) is 1.83. The second kappa shape index (κ2) is 8.80. The zero-order valence-electron chi connectivity index (χ0n) is 15.0. The number of ether oxygens (including phenoxy) is 2. The summed E-state index contributed by atoms with van der Waals surface area (Å²) in [5.74, 6) is 0.803. The van der Waals surface area contributed by atoms with Gasteiger partial charge in [0.15, 0.2) is 0 Å². The van der Waals surface area contributed by atoms with Gasteiger partial charge in [0.1, 0.15) is 12.6 Å². The summed E-state index contributed by atoms with van der Waals surface area (Å²) in [6.45, 7) is 10.9. The van der Waals surface area contributed by atoms with Gasteiger partial charge in [-0.05, 0) is 25.1 Å². The maximum absolute atomic E-state index is 5.92. The van der Waals surface area contributed by atoms with Gasteiger partial charge in [-0.3, -0.25) is 9.55 Å². The Bertz CT molecular complexity index is 648. The first-order chi connectivity index (χ1) is 11.5. The highest BCUT2D eigenvalue weighted by Crippen LogP contribution is 2.20. The fourth-order valence-electron chi connectivity index (χ4n) is 2.12. The zero-order chi connectivity index (χ0) is 17.4. The largest absolute Gasteiger partial charge is 0.501 e. The highest BCUT2D eigenvalue weighted by Gasteiger charge is 2.14. The van der Waals surface area contributed by atoms with Gasteiger partial charge in [-0.2, -0.15) is 0 Å². The third-order valence-electron chi connectivity index (χ3n) is 3.51. The Labute approximate surface area is 145 Å². The first-order valence-electron chi connectivity index (χ1n) is 8.34. The molecular weight excluding hydrogens is 318 g/mol.